The average Bonchev–Trinajstić information content (AvgIpc) is 3.43. The topological polar surface area (TPSA) is 144 Å². The average molecular weight is 574 g/mol. The zero-order valence-corrected chi connectivity index (χ0v) is 24.7. The highest BCUT2D eigenvalue weighted by Gasteiger charge is 2.35. The lowest BCUT2D eigenvalue weighted by atomic mass is 9.72. The van der Waals surface area contributed by atoms with Crippen LogP contribution in [0, 0.1) is 29.6 Å². The number of esters is 1. The van der Waals surface area contributed by atoms with Gasteiger partial charge in [-0.05, 0) is 48.6 Å². The second-order valence-electron chi connectivity index (χ2n) is 11.2. The first-order valence-corrected chi connectivity index (χ1v) is 14.6. The molecule has 5 N–H and O–H groups in total. The molecular weight excluding hydrogens is 542 g/mol. The van der Waals surface area contributed by atoms with Gasteiger partial charge in [-0.25, -0.2) is 9.78 Å². The van der Waals surface area contributed by atoms with Crippen molar-refractivity contribution in [3.63, 3.8) is 0 Å². The number of nitrogens with zero attached hydrogens (tertiary/aromatic N) is 2. The first-order valence-electron chi connectivity index (χ1n) is 13.0. The van der Waals surface area contributed by atoms with Gasteiger partial charge in [0.25, 0.3) is 5.91 Å². The molecule has 0 bridgehead atoms. The van der Waals surface area contributed by atoms with Crippen molar-refractivity contribution in [2.75, 3.05) is 23.9 Å². The molecule has 10 heteroatoms. The number of aryl methyl sites for hydroxylation is 1. The zero-order chi connectivity index (χ0) is 28.9. The number of nitrogens with two attached hydrogens (primary N) is 2. The maximum atomic E-state index is 13.7. The van der Waals surface area contributed by atoms with Gasteiger partial charge in [-0.3, -0.25) is 4.79 Å². The Morgan fingerprint density at radius 3 is 2.50 bits per heavy atom. The lowest BCUT2D eigenvalue weighted by molar-refractivity contribution is 0.0600. The molecule has 1 aliphatic carbocycles. The fourth-order valence-corrected chi connectivity index (χ4v) is 7.67. The zero-order valence-electron chi connectivity index (χ0n) is 23.1. The summed E-state index contributed by atoms with van der Waals surface area (Å²) in [5, 5.41) is 13.8. The summed E-state index contributed by atoms with van der Waals surface area (Å²) < 4.78 is 5.11. The maximum Gasteiger partial charge on any atom is 0.341 e. The molecule has 3 aromatic heterocycles. The fraction of sp³-hybridized carbons (Fsp3) is 0.333. The number of anilines is 3. The van der Waals surface area contributed by atoms with Crippen molar-refractivity contribution < 1.29 is 14.3 Å². The van der Waals surface area contributed by atoms with Crippen LogP contribution >= 0.6 is 22.7 Å². The minimum atomic E-state index is -0.471. The van der Waals surface area contributed by atoms with Gasteiger partial charge in [0.05, 0.1) is 18.4 Å². The SMILES string of the molecule is COC(=O)c1c(NC(=O)c2sc3nc(N)c(C#N)c(-c4ccc(C)cc4)c3c2N)sc2c1CCC(C(C)(C)C)C2. The molecule has 206 valence electrons. The van der Waals surface area contributed by atoms with Crippen LogP contribution in [0.2, 0.25) is 0 Å². The Labute approximate surface area is 241 Å². The number of carbonyl (C=O) groups excluding carboxylic acids is 2. The number of methoxy groups -OCH3 is 1. The molecule has 0 aliphatic heterocycles. The molecule has 3 heterocycles. The van der Waals surface area contributed by atoms with Gasteiger partial charge in [0.15, 0.2) is 0 Å². The van der Waals surface area contributed by atoms with Crippen LogP contribution < -0.4 is 16.8 Å². The number of ether oxygens (including phenoxy) is 1. The number of hydrogen-bond acceptors (Lipinski definition) is 9. The molecule has 1 aliphatic rings. The first kappa shape index (κ1) is 27.6. The van der Waals surface area contributed by atoms with E-state index in [4.69, 9.17) is 16.2 Å². The van der Waals surface area contributed by atoms with Gasteiger partial charge < -0.3 is 21.5 Å². The van der Waals surface area contributed by atoms with E-state index in [1.54, 1.807) is 0 Å². The summed E-state index contributed by atoms with van der Waals surface area (Å²) in [6.07, 6.45) is 2.55. The van der Waals surface area contributed by atoms with Gasteiger partial charge in [-0.15, -0.1) is 22.7 Å². The molecule has 0 saturated heterocycles. The van der Waals surface area contributed by atoms with E-state index in [-0.39, 0.29) is 27.4 Å². The van der Waals surface area contributed by atoms with Gasteiger partial charge in [0, 0.05) is 15.8 Å². The summed E-state index contributed by atoms with van der Waals surface area (Å²) >= 11 is 2.53. The van der Waals surface area contributed by atoms with Crippen LogP contribution in [0.4, 0.5) is 16.5 Å². The van der Waals surface area contributed by atoms with Gasteiger partial charge in [0.1, 0.15) is 32.2 Å². The number of nitriles is 1. The van der Waals surface area contributed by atoms with Crippen LogP contribution in [0.15, 0.2) is 24.3 Å². The largest absolute Gasteiger partial charge is 0.465 e. The van der Waals surface area contributed by atoms with Gasteiger partial charge in [0.2, 0.25) is 0 Å². The fourth-order valence-electron chi connectivity index (χ4n) is 5.35. The van der Waals surface area contributed by atoms with Gasteiger partial charge >= 0.3 is 5.97 Å². The van der Waals surface area contributed by atoms with Gasteiger partial charge in [-0.2, -0.15) is 5.26 Å². The van der Waals surface area contributed by atoms with Crippen molar-refractivity contribution >= 4 is 61.3 Å². The smallest absolute Gasteiger partial charge is 0.341 e. The number of benzene rings is 1. The summed E-state index contributed by atoms with van der Waals surface area (Å²) in [5.41, 5.74) is 17.1. The molecule has 1 atom stereocenters. The van der Waals surface area contributed by atoms with Crippen molar-refractivity contribution in [3.05, 3.63) is 56.3 Å². The molecule has 0 fully saturated rings. The molecule has 1 unspecified atom stereocenters. The summed E-state index contributed by atoms with van der Waals surface area (Å²) in [4.78, 5) is 32.7. The van der Waals surface area contributed by atoms with E-state index in [9.17, 15) is 14.9 Å². The van der Waals surface area contributed by atoms with Crippen LogP contribution in [0.5, 0.6) is 0 Å². The van der Waals surface area contributed by atoms with Crippen LogP contribution in [0.1, 0.15) is 68.8 Å². The number of rotatable bonds is 4. The minimum absolute atomic E-state index is 0.0751. The van der Waals surface area contributed by atoms with Crippen molar-refractivity contribution in [3.8, 4) is 17.2 Å². The Balaban J connectivity index is 1.59. The second-order valence-corrected chi connectivity index (χ2v) is 13.3. The monoisotopic (exact) mass is 573 g/mol. The molecule has 0 spiro atoms. The van der Waals surface area contributed by atoms with Crippen molar-refractivity contribution in [1.82, 2.24) is 4.98 Å². The van der Waals surface area contributed by atoms with E-state index >= 15 is 0 Å². The van der Waals surface area contributed by atoms with E-state index in [1.165, 1.54) is 18.4 Å². The highest BCUT2D eigenvalue weighted by molar-refractivity contribution is 7.21. The van der Waals surface area contributed by atoms with Gasteiger partial charge in [-0.1, -0.05) is 50.6 Å². The third-order valence-electron chi connectivity index (χ3n) is 7.67. The van der Waals surface area contributed by atoms with Crippen molar-refractivity contribution in [2.45, 2.75) is 47.0 Å². The highest BCUT2D eigenvalue weighted by atomic mass is 32.1. The van der Waals surface area contributed by atoms with E-state index in [0.29, 0.717) is 32.3 Å². The molecule has 0 saturated carbocycles. The highest BCUT2D eigenvalue weighted by Crippen LogP contribution is 2.46. The third-order valence-corrected chi connectivity index (χ3v) is 9.94. The number of pyridine rings is 1. The van der Waals surface area contributed by atoms with Crippen LogP contribution in [-0.2, 0) is 17.6 Å². The number of hydrogen-bond donors (Lipinski definition) is 3. The van der Waals surface area contributed by atoms with Crippen LogP contribution in [-0.4, -0.2) is 24.0 Å². The number of nitrogen functional groups attached to an aromatic ring is 2. The quantitative estimate of drug-likeness (QED) is 0.235. The predicted molar refractivity (Wildman–Crippen MR) is 162 cm³/mol. The molecule has 8 nitrogen and oxygen atoms in total. The molecule has 4 aromatic rings. The predicted octanol–water partition coefficient (Wildman–Crippen LogP) is 6.56. The normalized spacial score (nSPS) is 14.9. The van der Waals surface area contributed by atoms with Crippen molar-refractivity contribution in [2.24, 2.45) is 11.3 Å². The summed E-state index contributed by atoms with van der Waals surface area (Å²) in [6.45, 7) is 8.66. The maximum absolute atomic E-state index is 13.7. The lowest BCUT2D eigenvalue weighted by Gasteiger charge is -2.33. The number of nitrogens with one attached hydrogen (secondary N) is 1. The van der Waals surface area contributed by atoms with E-state index in [0.717, 1.165) is 52.2 Å². The third kappa shape index (κ3) is 4.69. The second kappa shape index (κ2) is 10.2. The summed E-state index contributed by atoms with van der Waals surface area (Å²) in [7, 11) is 1.35. The number of carbonyl (C=O) groups is 2. The number of aromatic nitrogens is 1. The lowest BCUT2D eigenvalue weighted by Crippen LogP contribution is -2.26. The molecular formula is C30H31N5O3S2. The minimum Gasteiger partial charge on any atom is -0.465 e. The Bertz CT molecular complexity index is 1700. The number of amides is 1. The van der Waals surface area contributed by atoms with E-state index in [2.05, 4.69) is 37.1 Å². The standard InChI is InChI=1S/C30H31N5O3S2/c1-14-6-8-15(9-7-14)20-18(13-31)25(33)34-28-22(20)23(32)24(40-28)26(36)35-27-21(29(37)38-5)17-11-10-16(30(2,3)4)12-19(17)39-27/h6-9,16H,10-12,32H2,1-5H3,(H2,33,34)(H,35,36). The van der Waals surface area contributed by atoms with E-state index < -0.39 is 11.9 Å². The summed E-state index contributed by atoms with van der Waals surface area (Å²) in [5.74, 6) is -0.382. The Kier molecular flexibility index (Phi) is 7.06. The molecule has 0 radical (unpaired) electrons. The van der Waals surface area contributed by atoms with Crippen LogP contribution in [0.25, 0.3) is 21.3 Å². The molecule has 5 rings (SSSR count). The number of thiophene rings is 2. The number of fused-ring (bicyclic) bond motifs is 2. The Morgan fingerprint density at radius 1 is 1.18 bits per heavy atom. The molecule has 1 amide bonds. The first-order chi connectivity index (χ1) is 18.9. The van der Waals surface area contributed by atoms with Crippen LogP contribution in [0.3, 0.4) is 0 Å². The molecule has 1 aromatic carbocycles. The Hall–Kier alpha value is -3.94. The van der Waals surface area contributed by atoms with E-state index in [1.807, 2.05) is 31.2 Å². The summed E-state index contributed by atoms with van der Waals surface area (Å²) in [6, 6.07) is 9.82. The Morgan fingerprint density at radius 2 is 1.88 bits per heavy atom. The van der Waals surface area contributed by atoms with Crippen molar-refractivity contribution in [1.29, 1.82) is 5.26 Å². The molecule has 40 heavy (non-hydrogen) atoms.